The zero-order valence-corrected chi connectivity index (χ0v) is 14.1. The second-order valence-electron chi connectivity index (χ2n) is 5.27. The number of benzene rings is 1. The maximum Gasteiger partial charge on any atom is 0.262 e. The summed E-state index contributed by atoms with van der Waals surface area (Å²) in [5, 5.41) is 3.13. The molecule has 8 heteroatoms. The van der Waals surface area contributed by atoms with Gasteiger partial charge < -0.3 is 14.8 Å². The number of rotatable bonds is 6. The highest BCUT2D eigenvalue weighted by molar-refractivity contribution is 7.92. The van der Waals surface area contributed by atoms with Crippen molar-refractivity contribution in [3.63, 3.8) is 0 Å². The standard InChI is InChI=1S/C16H19N3O4S/c1-2-7-17-16-6-3-12(11-18-16)19-24(20,21)13-4-5-14-15(10-13)23-9-8-22-14/h3-6,10-11,19H,2,7-9H2,1H3,(H,17,18). The third kappa shape index (κ3) is 3.70. The lowest BCUT2D eigenvalue weighted by Crippen LogP contribution is -2.17. The number of hydrogen-bond acceptors (Lipinski definition) is 6. The van der Waals surface area contributed by atoms with Crippen LogP contribution in [-0.2, 0) is 10.0 Å². The fraction of sp³-hybridized carbons (Fsp3) is 0.312. The Morgan fingerprint density at radius 3 is 2.62 bits per heavy atom. The molecule has 0 fully saturated rings. The number of hydrogen-bond donors (Lipinski definition) is 2. The monoisotopic (exact) mass is 349 g/mol. The third-order valence-electron chi connectivity index (χ3n) is 3.40. The molecule has 0 saturated heterocycles. The molecule has 3 rings (SSSR count). The molecule has 24 heavy (non-hydrogen) atoms. The summed E-state index contributed by atoms with van der Waals surface area (Å²) in [4.78, 5) is 4.29. The molecule has 0 radical (unpaired) electrons. The minimum atomic E-state index is -3.72. The number of sulfonamides is 1. The van der Waals surface area contributed by atoms with Gasteiger partial charge in [-0.2, -0.15) is 0 Å². The normalized spacial score (nSPS) is 13.4. The van der Waals surface area contributed by atoms with Crippen molar-refractivity contribution in [2.24, 2.45) is 0 Å². The molecule has 2 heterocycles. The smallest absolute Gasteiger partial charge is 0.262 e. The van der Waals surface area contributed by atoms with Crippen LogP contribution >= 0.6 is 0 Å². The number of nitrogens with one attached hydrogen (secondary N) is 2. The number of aromatic nitrogens is 1. The molecule has 0 aliphatic carbocycles. The van der Waals surface area contributed by atoms with Crippen molar-refractivity contribution in [3.05, 3.63) is 36.5 Å². The van der Waals surface area contributed by atoms with Crippen LogP contribution in [0.2, 0.25) is 0 Å². The SMILES string of the molecule is CCCNc1ccc(NS(=O)(=O)c2ccc3c(c2)OCCO3)cn1. The van der Waals surface area contributed by atoms with Crippen molar-refractivity contribution < 1.29 is 17.9 Å². The Kier molecular flexibility index (Phi) is 4.75. The predicted molar refractivity (Wildman–Crippen MR) is 91.3 cm³/mol. The molecule has 1 aliphatic rings. The number of nitrogens with zero attached hydrogens (tertiary/aromatic N) is 1. The van der Waals surface area contributed by atoms with Crippen molar-refractivity contribution in [1.29, 1.82) is 0 Å². The van der Waals surface area contributed by atoms with Gasteiger partial charge in [0.05, 0.1) is 16.8 Å². The fourth-order valence-corrected chi connectivity index (χ4v) is 3.28. The van der Waals surface area contributed by atoms with Crippen molar-refractivity contribution in [2.45, 2.75) is 18.2 Å². The van der Waals surface area contributed by atoms with E-state index in [4.69, 9.17) is 9.47 Å². The van der Waals surface area contributed by atoms with Crippen molar-refractivity contribution in [2.75, 3.05) is 29.8 Å². The molecular weight excluding hydrogens is 330 g/mol. The lowest BCUT2D eigenvalue weighted by molar-refractivity contribution is 0.171. The van der Waals surface area contributed by atoms with Crippen LogP contribution in [0, 0.1) is 0 Å². The molecule has 0 atom stereocenters. The predicted octanol–water partition coefficient (Wildman–Crippen LogP) is 2.48. The second kappa shape index (κ2) is 6.96. The highest BCUT2D eigenvalue weighted by Gasteiger charge is 2.19. The molecule has 0 amide bonds. The zero-order chi connectivity index (χ0) is 17.0. The van der Waals surface area contributed by atoms with Gasteiger partial charge in [-0.1, -0.05) is 6.92 Å². The third-order valence-corrected chi connectivity index (χ3v) is 4.77. The largest absolute Gasteiger partial charge is 0.486 e. The van der Waals surface area contributed by atoms with E-state index in [0.717, 1.165) is 13.0 Å². The van der Waals surface area contributed by atoms with Gasteiger partial charge >= 0.3 is 0 Å². The van der Waals surface area contributed by atoms with Gasteiger partial charge in [-0.3, -0.25) is 4.72 Å². The molecule has 2 aromatic rings. The molecule has 0 saturated carbocycles. The van der Waals surface area contributed by atoms with Crippen LogP contribution in [0.3, 0.4) is 0 Å². The molecule has 7 nitrogen and oxygen atoms in total. The minimum absolute atomic E-state index is 0.111. The second-order valence-corrected chi connectivity index (χ2v) is 6.95. The first-order chi connectivity index (χ1) is 11.6. The van der Waals surface area contributed by atoms with E-state index >= 15 is 0 Å². The van der Waals surface area contributed by atoms with Gasteiger partial charge in [0.25, 0.3) is 10.0 Å². The van der Waals surface area contributed by atoms with Gasteiger partial charge in [-0.15, -0.1) is 0 Å². The molecule has 2 N–H and O–H groups in total. The molecule has 1 aromatic heterocycles. The summed E-state index contributed by atoms with van der Waals surface area (Å²) in [7, 11) is -3.72. The summed E-state index contributed by atoms with van der Waals surface area (Å²) in [6.07, 6.45) is 2.47. The zero-order valence-electron chi connectivity index (χ0n) is 13.3. The van der Waals surface area contributed by atoms with Crippen molar-refractivity contribution in [1.82, 2.24) is 4.98 Å². The molecule has 1 aliphatic heterocycles. The van der Waals surface area contributed by atoms with E-state index in [0.29, 0.717) is 36.2 Å². The minimum Gasteiger partial charge on any atom is -0.486 e. The van der Waals surface area contributed by atoms with Crippen LogP contribution in [0.25, 0.3) is 0 Å². The fourth-order valence-electron chi connectivity index (χ4n) is 2.22. The molecule has 0 unspecified atom stereocenters. The van der Waals surface area contributed by atoms with Crippen LogP contribution in [0.4, 0.5) is 11.5 Å². The van der Waals surface area contributed by atoms with Crippen molar-refractivity contribution >= 4 is 21.5 Å². The van der Waals surface area contributed by atoms with Crippen LogP contribution < -0.4 is 19.5 Å². The van der Waals surface area contributed by atoms with Crippen LogP contribution in [0.1, 0.15) is 13.3 Å². The van der Waals surface area contributed by atoms with Gasteiger partial charge in [0.1, 0.15) is 19.0 Å². The van der Waals surface area contributed by atoms with E-state index in [2.05, 4.69) is 21.9 Å². The van der Waals surface area contributed by atoms with E-state index < -0.39 is 10.0 Å². The molecule has 0 spiro atoms. The van der Waals surface area contributed by atoms with Gasteiger partial charge in [0.2, 0.25) is 0 Å². The highest BCUT2D eigenvalue weighted by atomic mass is 32.2. The first-order valence-corrected chi connectivity index (χ1v) is 9.19. The van der Waals surface area contributed by atoms with E-state index in [1.165, 1.54) is 18.3 Å². The Hall–Kier alpha value is -2.48. The summed E-state index contributed by atoms with van der Waals surface area (Å²) < 4.78 is 38.3. The first kappa shape index (κ1) is 16.4. The van der Waals surface area contributed by atoms with Gasteiger partial charge in [0.15, 0.2) is 11.5 Å². The lowest BCUT2D eigenvalue weighted by atomic mass is 10.3. The number of ether oxygens (including phenoxy) is 2. The van der Waals surface area contributed by atoms with Gasteiger partial charge in [-0.25, -0.2) is 13.4 Å². The van der Waals surface area contributed by atoms with E-state index in [9.17, 15) is 8.42 Å². The van der Waals surface area contributed by atoms with Crippen LogP contribution in [-0.4, -0.2) is 33.2 Å². The van der Waals surface area contributed by atoms with Crippen molar-refractivity contribution in [3.8, 4) is 11.5 Å². The van der Waals surface area contributed by atoms with Crippen LogP contribution in [0.5, 0.6) is 11.5 Å². The Morgan fingerprint density at radius 2 is 1.92 bits per heavy atom. The number of fused-ring (bicyclic) bond motifs is 1. The molecular formula is C16H19N3O4S. The van der Waals surface area contributed by atoms with Gasteiger partial charge in [0, 0.05) is 12.6 Å². The van der Waals surface area contributed by atoms with E-state index in [1.807, 2.05) is 0 Å². The maximum atomic E-state index is 12.5. The Bertz CT molecular complexity index is 807. The Morgan fingerprint density at radius 1 is 1.12 bits per heavy atom. The summed E-state index contributed by atoms with van der Waals surface area (Å²) in [6, 6.07) is 7.94. The Balaban J connectivity index is 1.76. The van der Waals surface area contributed by atoms with E-state index in [1.54, 1.807) is 18.2 Å². The first-order valence-electron chi connectivity index (χ1n) is 7.71. The quantitative estimate of drug-likeness (QED) is 0.833. The summed E-state index contributed by atoms with van der Waals surface area (Å²) in [5.74, 6) is 1.69. The maximum absolute atomic E-state index is 12.5. The topological polar surface area (TPSA) is 89.5 Å². The average molecular weight is 349 g/mol. The number of pyridine rings is 1. The number of anilines is 2. The summed E-state index contributed by atoms with van der Waals surface area (Å²) >= 11 is 0. The molecule has 0 bridgehead atoms. The average Bonchev–Trinajstić information content (AvgIpc) is 2.60. The molecule has 1 aromatic carbocycles. The summed E-state index contributed by atoms with van der Waals surface area (Å²) in [6.45, 7) is 3.74. The van der Waals surface area contributed by atoms with Crippen LogP contribution in [0.15, 0.2) is 41.4 Å². The summed E-state index contributed by atoms with van der Waals surface area (Å²) in [5.41, 5.74) is 0.395. The molecule has 128 valence electrons. The highest BCUT2D eigenvalue weighted by Crippen LogP contribution is 2.32. The lowest BCUT2D eigenvalue weighted by Gasteiger charge is -2.19. The van der Waals surface area contributed by atoms with Gasteiger partial charge in [-0.05, 0) is 30.7 Å². The Labute approximate surface area is 141 Å². The van der Waals surface area contributed by atoms with E-state index in [-0.39, 0.29) is 4.90 Å².